The van der Waals surface area contributed by atoms with Crippen molar-refractivity contribution in [1.29, 1.82) is 0 Å². The predicted molar refractivity (Wildman–Crippen MR) is 86.1 cm³/mol. The van der Waals surface area contributed by atoms with Gasteiger partial charge in [-0.2, -0.15) is 0 Å². The van der Waals surface area contributed by atoms with Crippen LogP contribution in [-0.4, -0.2) is 60.8 Å². The Balaban J connectivity index is 1.39. The average Bonchev–Trinajstić information content (AvgIpc) is 3.08. The molecule has 7 heteroatoms. The van der Waals surface area contributed by atoms with Crippen LogP contribution in [-0.2, 0) is 4.74 Å². The van der Waals surface area contributed by atoms with Gasteiger partial charge in [0.2, 0.25) is 0 Å². The van der Waals surface area contributed by atoms with Gasteiger partial charge >= 0.3 is 0 Å². The Morgan fingerprint density at radius 1 is 1.35 bits per heavy atom. The molecule has 3 atom stereocenters. The molecule has 2 aliphatic rings. The molecule has 7 nitrogen and oxygen atoms in total. The molecule has 1 aliphatic carbocycles. The number of carbonyl (C=O) groups is 1. The highest BCUT2D eigenvalue weighted by atomic mass is 16.5. The Hall–Kier alpha value is -1.57. The molecular weight excluding hydrogens is 294 g/mol. The van der Waals surface area contributed by atoms with E-state index in [9.17, 15) is 4.79 Å². The smallest absolute Gasteiger partial charge is 0.271 e. The molecule has 126 valence electrons. The van der Waals surface area contributed by atoms with E-state index in [1.165, 1.54) is 31.7 Å². The zero-order valence-electron chi connectivity index (χ0n) is 13.3. The summed E-state index contributed by atoms with van der Waals surface area (Å²) in [7, 11) is 0. The number of ether oxygens (including phenoxy) is 1. The van der Waals surface area contributed by atoms with Gasteiger partial charge in [-0.3, -0.25) is 9.78 Å². The largest absolute Gasteiger partial charge is 0.379 e. The van der Waals surface area contributed by atoms with Gasteiger partial charge in [0.15, 0.2) is 0 Å². The van der Waals surface area contributed by atoms with Crippen LogP contribution >= 0.6 is 0 Å². The maximum Gasteiger partial charge on any atom is 0.271 e. The van der Waals surface area contributed by atoms with Crippen molar-refractivity contribution in [1.82, 2.24) is 25.9 Å². The quantitative estimate of drug-likeness (QED) is 0.638. The summed E-state index contributed by atoms with van der Waals surface area (Å²) in [5.41, 5.74) is 0.356. The van der Waals surface area contributed by atoms with Gasteiger partial charge in [0, 0.05) is 44.1 Å². The number of hydrogen-bond donors (Lipinski definition) is 3. The summed E-state index contributed by atoms with van der Waals surface area (Å²) in [5.74, 6) is 0.441. The SMILES string of the molecule is O=C(NCCNC1CCCC1C1COCCN1)c1cnccn1. The first kappa shape index (κ1) is 16.3. The summed E-state index contributed by atoms with van der Waals surface area (Å²) in [6.45, 7) is 3.93. The Kier molecular flexibility index (Phi) is 5.90. The molecule has 0 spiro atoms. The molecule has 1 saturated carbocycles. The van der Waals surface area contributed by atoms with Crippen LogP contribution < -0.4 is 16.0 Å². The minimum absolute atomic E-state index is 0.176. The summed E-state index contributed by atoms with van der Waals surface area (Å²) in [6.07, 6.45) is 8.25. The monoisotopic (exact) mass is 319 g/mol. The Morgan fingerprint density at radius 3 is 3.09 bits per heavy atom. The molecule has 0 bridgehead atoms. The maximum absolute atomic E-state index is 11.9. The van der Waals surface area contributed by atoms with Crippen molar-refractivity contribution >= 4 is 5.91 Å². The van der Waals surface area contributed by atoms with Gasteiger partial charge in [0.05, 0.1) is 19.4 Å². The lowest BCUT2D eigenvalue weighted by Crippen LogP contribution is -2.51. The molecule has 3 N–H and O–H groups in total. The van der Waals surface area contributed by atoms with Crippen LogP contribution in [0, 0.1) is 5.92 Å². The number of aromatic nitrogens is 2. The van der Waals surface area contributed by atoms with Crippen molar-refractivity contribution in [2.45, 2.75) is 31.3 Å². The van der Waals surface area contributed by atoms with E-state index in [1.807, 2.05) is 0 Å². The lowest BCUT2D eigenvalue weighted by atomic mass is 9.94. The Labute approximate surface area is 136 Å². The number of amides is 1. The number of nitrogens with one attached hydrogen (secondary N) is 3. The zero-order chi connectivity index (χ0) is 15.9. The molecule has 0 aromatic carbocycles. The first-order valence-electron chi connectivity index (χ1n) is 8.43. The topological polar surface area (TPSA) is 88.2 Å². The molecule has 1 saturated heterocycles. The molecule has 0 radical (unpaired) electrons. The summed E-state index contributed by atoms with van der Waals surface area (Å²) in [6, 6.07) is 0.959. The number of carbonyl (C=O) groups excluding carboxylic acids is 1. The fraction of sp³-hybridized carbons (Fsp3) is 0.688. The standard InChI is InChI=1S/C16H25N5O2/c22-16(14-10-17-4-5-19-14)21-7-6-18-13-3-1-2-12(13)15-11-23-9-8-20-15/h4-5,10,12-13,15,18,20H,1-3,6-9,11H2,(H,21,22). The average molecular weight is 319 g/mol. The number of nitrogens with zero attached hydrogens (tertiary/aromatic N) is 2. The van der Waals surface area contributed by atoms with Crippen LogP contribution in [0.25, 0.3) is 0 Å². The lowest BCUT2D eigenvalue weighted by Gasteiger charge is -2.33. The third kappa shape index (κ3) is 4.46. The van der Waals surface area contributed by atoms with Gasteiger partial charge in [-0.05, 0) is 18.8 Å². The van der Waals surface area contributed by atoms with Crippen molar-refractivity contribution in [2.24, 2.45) is 5.92 Å². The van der Waals surface area contributed by atoms with Crippen LogP contribution in [0.4, 0.5) is 0 Å². The lowest BCUT2D eigenvalue weighted by molar-refractivity contribution is 0.0526. The molecule has 1 aromatic rings. The first-order valence-corrected chi connectivity index (χ1v) is 8.43. The summed E-state index contributed by atoms with van der Waals surface area (Å²) < 4.78 is 5.59. The molecular formula is C16H25N5O2. The fourth-order valence-electron chi connectivity index (χ4n) is 3.52. The number of rotatable bonds is 6. The summed E-state index contributed by atoms with van der Waals surface area (Å²) >= 11 is 0. The maximum atomic E-state index is 11.9. The van der Waals surface area contributed by atoms with Gasteiger partial charge in [0.25, 0.3) is 5.91 Å². The van der Waals surface area contributed by atoms with Crippen LogP contribution in [0.1, 0.15) is 29.8 Å². The molecule has 1 amide bonds. The predicted octanol–water partition coefficient (Wildman–Crippen LogP) is -0.0469. The van der Waals surface area contributed by atoms with Crippen molar-refractivity contribution in [3.05, 3.63) is 24.3 Å². The van der Waals surface area contributed by atoms with Crippen LogP contribution in [0.3, 0.4) is 0 Å². The van der Waals surface area contributed by atoms with Crippen molar-refractivity contribution in [3.63, 3.8) is 0 Å². The minimum Gasteiger partial charge on any atom is -0.379 e. The van der Waals surface area contributed by atoms with Crippen molar-refractivity contribution < 1.29 is 9.53 Å². The van der Waals surface area contributed by atoms with Crippen LogP contribution in [0.15, 0.2) is 18.6 Å². The summed E-state index contributed by atoms with van der Waals surface area (Å²) in [4.78, 5) is 19.8. The third-order valence-electron chi connectivity index (χ3n) is 4.65. The second-order valence-electron chi connectivity index (χ2n) is 6.14. The van der Waals surface area contributed by atoms with E-state index >= 15 is 0 Å². The highest BCUT2D eigenvalue weighted by Gasteiger charge is 2.34. The van der Waals surface area contributed by atoms with E-state index in [-0.39, 0.29) is 5.91 Å². The second-order valence-corrected chi connectivity index (χ2v) is 6.14. The van der Waals surface area contributed by atoms with Crippen LogP contribution in [0.5, 0.6) is 0 Å². The summed E-state index contributed by atoms with van der Waals surface area (Å²) in [5, 5.41) is 10.0. The van der Waals surface area contributed by atoms with Crippen molar-refractivity contribution in [3.8, 4) is 0 Å². The fourth-order valence-corrected chi connectivity index (χ4v) is 3.52. The van der Waals surface area contributed by atoms with E-state index in [0.717, 1.165) is 26.3 Å². The molecule has 3 rings (SSSR count). The van der Waals surface area contributed by atoms with E-state index in [0.29, 0.717) is 30.2 Å². The normalized spacial score (nSPS) is 27.7. The molecule has 3 unspecified atom stereocenters. The highest BCUT2D eigenvalue weighted by molar-refractivity contribution is 5.91. The van der Waals surface area contributed by atoms with Crippen LogP contribution in [0.2, 0.25) is 0 Å². The molecule has 1 aromatic heterocycles. The van der Waals surface area contributed by atoms with Gasteiger partial charge in [-0.1, -0.05) is 6.42 Å². The molecule has 2 heterocycles. The number of morpholine rings is 1. The highest BCUT2D eigenvalue weighted by Crippen LogP contribution is 2.29. The zero-order valence-corrected chi connectivity index (χ0v) is 13.3. The molecule has 2 fully saturated rings. The van der Waals surface area contributed by atoms with Gasteiger partial charge in [-0.15, -0.1) is 0 Å². The van der Waals surface area contributed by atoms with E-state index in [1.54, 1.807) is 6.20 Å². The second kappa shape index (κ2) is 8.33. The van der Waals surface area contributed by atoms with E-state index in [2.05, 4.69) is 25.9 Å². The van der Waals surface area contributed by atoms with E-state index < -0.39 is 0 Å². The minimum atomic E-state index is -0.176. The first-order chi connectivity index (χ1) is 11.3. The van der Waals surface area contributed by atoms with Gasteiger partial charge in [-0.25, -0.2) is 4.98 Å². The third-order valence-corrected chi connectivity index (χ3v) is 4.65. The Bertz CT molecular complexity index is 493. The van der Waals surface area contributed by atoms with E-state index in [4.69, 9.17) is 4.74 Å². The molecule has 1 aliphatic heterocycles. The molecule has 23 heavy (non-hydrogen) atoms. The van der Waals surface area contributed by atoms with Gasteiger partial charge in [0.1, 0.15) is 5.69 Å². The van der Waals surface area contributed by atoms with Crippen molar-refractivity contribution in [2.75, 3.05) is 32.8 Å². The Morgan fingerprint density at radius 2 is 2.30 bits per heavy atom. The van der Waals surface area contributed by atoms with Gasteiger partial charge < -0.3 is 20.7 Å². The number of hydrogen-bond acceptors (Lipinski definition) is 6.